The molecular weight excluding hydrogens is 251 g/mol. The minimum absolute atomic E-state index is 0.00176. The third-order valence-electron chi connectivity index (χ3n) is 1.46. The van der Waals surface area contributed by atoms with Crippen LogP contribution in [0.4, 0.5) is 13.2 Å². The SMILES string of the molecule is Oc1c(CBr)ncc(C(F)F)c1F. The number of rotatable bonds is 2. The molecule has 0 bridgehead atoms. The molecule has 0 atom stereocenters. The fourth-order valence-corrected chi connectivity index (χ4v) is 1.19. The van der Waals surface area contributed by atoms with E-state index in [2.05, 4.69) is 20.9 Å². The highest BCUT2D eigenvalue weighted by atomic mass is 79.9. The predicted molar refractivity (Wildman–Crippen MR) is 43.4 cm³/mol. The second-order valence-electron chi connectivity index (χ2n) is 2.26. The molecule has 72 valence electrons. The van der Waals surface area contributed by atoms with Crippen LogP contribution in [-0.4, -0.2) is 10.1 Å². The average Bonchev–Trinajstić information content (AvgIpc) is 2.09. The van der Waals surface area contributed by atoms with E-state index < -0.39 is 23.6 Å². The maximum atomic E-state index is 12.9. The fourth-order valence-electron chi connectivity index (χ4n) is 0.779. The van der Waals surface area contributed by atoms with Crippen molar-refractivity contribution in [1.82, 2.24) is 4.98 Å². The van der Waals surface area contributed by atoms with Crippen LogP contribution in [0.5, 0.6) is 5.75 Å². The van der Waals surface area contributed by atoms with Crippen molar-refractivity contribution in [2.24, 2.45) is 0 Å². The molecule has 1 aromatic heterocycles. The third kappa shape index (κ3) is 1.93. The number of aromatic nitrogens is 1. The molecule has 0 saturated carbocycles. The second kappa shape index (κ2) is 3.95. The standard InChI is InChI=1S/C7H5BrF3NO/c8-1-4-6(13)5(9)3(2-12-4)7(10)11/h2,7,13H,1H2. The summed E-state index contributed by atoms with van der Waals surface area (Å²) in [6.07, 6.45) is -2.25. The van der Waals surface area contributed by atoms with Crippen molar-refractivity contribution in [1.29, 1.82) is 0 Å². The summed E-state index contributed by atoms with van der Waals surface area (Å²) in [5.74, 6) is -2.13. The van der Waals surface area contributed by atoms with E-state index in [9.17, 15) is 13.2 Å². The Hall–Kier alpha value is -0.780. The number of halogens is 4. The quantitative estimate of drug-likeness (QED) is 0.825. The highest BCUT2D eigenvalue weighted by Gasteiger charge is 2.19. The van der Waals surface area contributed by atoms with Crippen LogP contribution in [-0.2, 0) is 5.33 Å². The molecular formula is C7H5BrF3NO. The molecule has 0 unspecified atom stereocenters. The van der Waals surface area contributed by atoms with E-state index in [0.29, 0.717) is 0 Å². The molecule has 0 aliphatic heterocycles. The number of alkyl halides is 3. The molecule has 0 spiro atoms. The van der Waals surface area contributed by atoms with Crippen molar-refractivity contribution in [3.8, 4) is 5.75 Å². The van der Waals surface area contributed by atoms with Gasteiger partial charge in [-0.3, -0.25) is 4.98 Å². The van der Waals surface area contributed by atoms with Crippen molar-refractivity contribution in [2.45, 2.75) is 11.8 Å². The van der Waals surface area contributed by atoms with Crippen molar-refractivity contribution in [3.63, 3.8) is 0 Å². The zero-order valence-corrected chi connectivity index (χ0v) is 7.85. The molecule has 1 rings (SSSR count). The molecule has 0 aliphatic carbocycles. The lowest BCUT2D eigenvalue weighted by molar-refractivity contribution is 0.144. The maximum Gasteiger partial charge on any atom is 0.268 e. The Kier molecular flexibility index (Phi) is 3.13. The molecule has 0 radical (unpaired) electrons. The lowest BCUT2D eigenvalue weighted by Crippen LogP contribution is -1.97. The van der Waals surface area contributed by atoms with Crippen LogP contribution >= 0.6 is 15.9 Å². The molecule has 0 aromatic carbocycles. The smallest absolute Gasteiger partial charge is 0.268 e. The summed E-state index contributed by atoms with van der Waals surface area (Å²) in [4.78, 5) is 3.46. The highest BCUT2D eigenvalue weighted by molar-refractivity contribution is 9.08. The Bertz CT molecular complexity index is 319. The first kappa shape index (κ1) is 10.3. The van der Waals surface area contributed by atoms with Crippen LogP contribution in [0.15, 0.2) is 6.20 Å². The van der Waals surface area contributed by atoms with Gasteiger partial charge >= 0.3 is 0 Å². The minimum atomic E-state index is -2.97. The second-order valence-corrected chi connectivity index (χ2v) is 2.82. The fraction of sp³-hybridized carbons (Fsp3) is 0.286. The Labute approximate surface area is 80.5 Å². The minimum Gasteiger partial charge on any atom is -0.504 e. The molecule has 2 nitrogen and oxygen atoms in total. The molecule has 1 heterocycles. The van der Waals surface area contributed by atoms with Gasteiger partial charge in [-0.1, -0.05) is 15.9 Å². The molecule has 13 heavy (non-hydrogen) atoms. The lowest BCUT2D eigenvalue weighted by atomic mass is 10.2. The van der Waals surface area contributed by atoms with E-state index in [-0.39, 0.29) is 11.0 Å². The van der Waals surface area contributed by atoms with Gasteiger partial charge < -0.3 is 5.11 Å². The van der Waals surface area contributed by atoms with Crippen molar-refractivity contribution >= 4 is 15.9 Å². The van der Waals surface area contributed by atoms with Crippen molar-refractivity contribution in [3.05, 3.63) is 23.3 Å². The number of pyridine rings is 1. The van der Waals surface area contributed by atoms with Crippen LogP contribution < -0.4 is 0 Å². The Balaban J connectivity index is 3.23. The van der Waals surface area contributed by atoms with Gasteiger partial charge in [0.05, 0.1) is 11.3 Å². The van der Waals surface area contributed by atoms with Gasteiger partial charge in [-0.15, -0.1) is 0 Å². The van der Waals surface area contributed by atoms with Gasteiger partial charge in [-0.05, 0) is 0 Å². The first-order chi connectivity index (χ1) is 6.07. The lowest BCUT2D eigenvalue weighted by Gasteiger charge is -2.05. The number of aromatic hydroxyl groups is 1. The summed E-state index contributed by atoms with van der Waals surface area (Å²) >= 11 is 2.93. The normalized spacial score (nSPS) is 10.8. The van der Waals surface area contributed by atoms with E-state index in [1.807, 2.05) is 0 Å². The topological polar surface area (TPSA) is 33.1 Å². The summed E-state index contributed by atoms with van der Waals surface area (Å²) in [6.45, 7) is 0. The first-order valence-corrected chi connectivity index (χ1v) is 4.40. The van der Waals surface area contributed by atoms with Crippen LogP contribution in [0.3, 0.4) is 0 Å². The molecule has 6 heteroatoms. The summed E-state index contributed by atoms with van der Waals surface area (Å²) in [7, 11) is 0. The van der Waals surface area contributed by atoms with Crippen LogP contribution in [0, 0.1) is 5.82 Å². The first-order valence-electron chi connectivity index (χ1n) is 3.28. The molecule has 1 aromatic rings. The van der Waals surface area contributed by atoms with E-state index in [4.69, 9.17) is 5.11 Å². The summed E-state index contributed by atoms with van der Waals surface area (Å²) in [6, 6.07) is 0. The Morgan fingerprint density at radius 2 is 2.15 bits per heavy atom. The van der Waals surface area contributed by atoms with Crippen LogP contribution in [0.25, 0.3) is 0 Å². The maximum absolute atomic E-state index is 12.9. The molecule has 0 saturated heterocycles. The van der Waals surface area contributed by atoms with Gasteiger partial charge in [0, 0.05) is 11.5 Å². The van der Waals surface area contributed by atoms with E-state index in [1.54, 1.807) is 0 Å². The van der Waals surface area contributed by atoms with Gasteiger partial charge in [0.25, 0.3) is 6.43 Å². The number of hydrogen-bond acceptors (Lipinski definition) is 2. The molecule has 0 amide bonds. The summed E-state index contributed by atoms with van der Waals surface area (Å²) in [5.41, 5.74) is -0.885. The monoisotopic (exact) mass is 255 g/mol. The van der Waals surface area contributed by atoms with Gasteiger partial charge in [0.15, 0.2) is 11.6 Å². The predicted octanol–water partition coefficient (Wildman–Crippen LogP) is 2.76. The zero-order chi connectivity index (χ0) is 10.0. The van der Waals surface area contributed by atoms with E-state index in [1.165, 1.54) is 0 Å². The largest absolute Gasteiger partial charge is 0.504 e. The summed E-state index contributed by atoms with van der Waals surface area (Å²) < 4.78 is 37.0. The van der Waals surface area contributed by atoms with E-state index >= 15 is 0 Å². The zero-order valence-electron chi connectivity index (χ0n) is 6.27. The molecule has 0 aliphatic rings. The Morgan fingerprint density at radius 1 is 1.54 bits per heavy atom. The van der Waals surface area contributed by atoms with Gasteiger partial charge in [-0.2, -0.15) is 0 Å². The third-order valence-corrected chi connectivity index (χ3v) is 1.99. The van der Waals surface area contributed by atoms with Crippen molar-refractivity contribution in [2.75, 3.05) is 0 Å². The van der Waals surface area contributed by atoms with Gasteiger partial charge in [-0.25, -0.2) is 13.2 Å². The molecule has 1 N–H and O–H groups in total. The highest BCUT2D eigenvalue weighted by Crippen LogP contribution is 2.29. The van der Waals surface area contributed by atoms with Gasteiger partial charge in [0.2, 0.25) is 0 Å². The van der Waals surface area contributed by atoms with Crippen LogP contribution in [0.1, 0.15) is 17.7 Å². The van der Waals surface area contributed by atoms with Crippen LogP contribution in [0.2, 0.25) is 0 Å². The van der Waals surface area contributed by atoms with Gasteiger partial charge in [0.1, 0.15) is 0 Å². The van der Waals surface area contributed by atoms with Crippen molar-refractivity contribution < 1.29 is 18.3 Å². The Morgan fingerprint density at radius 3 is 2.62 bits per heavy atom. The molecule has 0 fully saturated rings. The summed E-state index contributed by atoms with van der Waals surface area (Å²) in [5, 5.41) is 9.14. The number of nitrogens with zero attached hydrogens (tertiary/aromatic N) is 1. The van der Waals surface area contributed by atoms with E-state index in [0.717, 1.165) is 6.20 Å². The number of hydrogen-bond donors (Lipinski definition) is 1. The average molecular weight is 256 g/mol.